The van der Waals surface area contributed by atoms with Crippen LogP contribution in [0.5, 0.6) is 0 Å². The summed E-state index contributed by atoms with van der Waals surface area (Å²) in [5.74, 6) is -1.87. The fraction of sp³-hybridized carbons (Fsp3) is 0.333. The van der Waals surface area contributed by atoms with Crippen LogP contribution in [0.15, 0.2) is 22.7 Å². The predicted molar refractivity (Wildman–Crippen MR) is 63.8 cm³/mol. The third-order valence-electron chi connectivity index (χ3n) is 3.04. The van der Waals surface area contributed by atoms with E-state index in [0.29, 0.717) is 5.56 Å². The minimum absolute atomic E-state index is 0.139. The van der Waals surface area contributed by atoms with Crippen LogP contribution < -0.4 is 5.32 Å². The van der Waals surface area contributed by atoms with Crippen molar-refractivity contribution >= 4 is 27.7 Å². The van der Waals surface area contributed by atoms with Crippen LogP contribution in [-0.2, 0) is 9.59 Å². The second-order valence-corrected chi connectivity index (χ2v) is 5.09. The number of hydrogen-bond acceptors (Lipinski definition) is 2. The van der Waals surface area contributed by atoms with E-state index in [1.165, 1.54) is 6.07 Å². The molecule has 1 heterocycles. The van der Waals surface area contributed by atoms with Gasteiger partial charge in [-0.15, -0.1) is 0 Å². The van der Waals surface area contributed by atoms with Gasteiger partial charge in [0.1, 0.15) is 5.82 Å². The fourth-order valence-electron chi connectivity index (χ4n) is 2.04. The first-order valence-electron chi connectivity index (χ1n) is 5.27. The number of halogens is 2. The van der Waals surface area contributed by atoms with Crippen molar-refractivity contribution in [1.29, 1.82) is 0 Å². The van der Waals surface area contributed by atoms with Gasteiger partial charge >= 0.3 is 0 Å². The molecule has 0 bridgehead atoms. The molecule has 1 aromatic rings. The molecule has 2 amide bonds. The molecule has 3 nitrogen and oxygen atoms in total. The average molecular weight is 300 g/mol. The summed E-state index contributed by atoms with van der Waals surface area (Å²) in [4.78, 5) is 22.9. The third-order valence-corrected chi connectivity index (χ3v) is 3.54. The van der Waals surface area contributed by atoms with Gasteiger partial charge in [0.05, 0.1) is 0 Å². The number of piperidine rings is 1. The highest BCUT2D eigenvalue weighted by Crippen LogP contribution is 2.34. The molecule has 1 aliphatic rings. The molecule has 2 atom stereocenters. The summed E-state index contributed by atoms with van der Waals surface area (Å²) in [6, 6.07) is 4.56. The zero-order valence-electron chi connectivity index (χ0n) is 9.17. The number of carbonyl (C=O) groups excluding carboxylic acids is 2. The van der Waals surface area contributed by atoms with Gasteiger partial charge in [0.15, 0.2) is 0 Å². The van der Waals surface area contributed by atoms with Crippen molar-refractivity contribution in [1.82, 2.24) is 5.32 Å². The lowest BCUT2D eigenvalue weighted by molar-refractivity contribution is -0.136. The van der Waals surface area contributed by atoms with Crippen LogP contribution in [0.1, 0.15) is 24.8 Å². The Kier molecular flexibility index (Phi) is 3.28. The highest BCUT2D eigenvalue weighted by Gasteiger charge is 2.34. The zero-order valence-corrected chi connectivity index (χ0v) is 10.8. The molecule has 1 saturated heterocycles. The molecule has 1 aromatic carbocycles. The lowest BCUT2D eigenvalue weighted by atomic mass is 9.81. The molecule has 0 saturated carbocycles. The fourth-order valence-corrected chi connectivity index (χ4v) is 2.42. The standard InChI is InChI=1S/C12H11BrFNO2/c1-6-8(5-11(16)15-12(6)17)9-4-7(13)2-3-10(9)14/h2-4,6,8H,5H2,1H3,(H,15,16,17). The van der Waals surface area contributed by atoms with E-state index in [1.807, 2.05) is 0 Å². The number of amides is 2. The van der Waals surface area contributed by atoms with Crippen LogP contribution >= 0.6 is 15.9 Å². The van der Waals surface area contributed by atoms with Gasteiger partial charge in [-0.3, -0.25) is 14.9 Å². The van der Waals surface area contributed by atoms with Gasteiger partial charge in [-0.1, -0.05) is 22.9 Å². The van der Waals surface area contributed by atoms with Gasteiger partial charge in [0, 0.05) is 22.7 Å². The predicted octanol–water partition coefficient (Wildman–Crippen LogP) is 2.35. The summed E-state index contributed by atoms with van der Waals surface area (Å²) >= 11 is 3.26. The quantitative estimate of drug-likeness (QED) is 0.809. The minimum Gasteiger partial charge on any atom is -0.296 e. The Labute approximate surface area is 107 Å². The van der Waals surface area contributed by atoms with Crippen LogP contribution in [0, 0.1) is 11.7 Å². The molecule has 0 spiro atoms. The number of benzene rings is 1. The number of imide groups is 1. The summed E-state index contributed by atoms with van der Waals surface area (Å²) in [6.07, 6.45) is 0.139. The van der Waals surface area contributed by atoms with E-state index in [-0.39, 0.29) is 24.1 Å². The third kappa shape index (κ3) is 2.39. The summed E-state index contributed by atoms with van der Waals surface area (Å²) in [5.41, 5.74) is 0.412. The summed E-state index contributed by atoms with van der Waals surface area (Å²) in [5, 5.41) is 2.25. The van der Waals surface area contributed by atoms with E-state index in [4.69, 9.17) is 0 Å². The van der Waals surface area contributed by atoms with E-state index in [0.717, 1.165) is 4.47 Å². The Morgan fingerprint density at radius 1 is 1.41 bits per heavy atom. The van der Waals surface area contributed by atoms with Crippen LogP contribution in [0.2, 0.25) is 0 Å². The number of carbonyl (C=O) groups is 2. The SMILES string of the molecule is CC1C(=O)NC(=O)CC1c1cc(Br)ccc1F. The number of rotatable bonds is 1. The van der Waals surface area contributed by atoms with E-state index in [2.05, 4.69) is 21.2 Å². The van der Waals surface area contributed by atoms with Crippen LogP contribution in [-0.4, -0.2) is 11.8 Å². The molecule has 1 aliphatic heterocycles. The summed E-state index contributed by atoms with van der Waals surface area (Å²) in [7, 11) is 0. The molecular weight excluding hydrogens is 289 g/mol. The van der Waals surface area contributed by atoms with Gasteiger partial charge in [-0.2, -0.15) is 0 Å². The van der Waals surface area contributed by atoms with Crippen molar-refractivity contribution < 1.29 is 14.0 Å². The highest BCUT2D eigenvalue weighted by molar-refractivity contribution is 9.10. The molecule has 1 fully saturated rings. The van der Waals surface area contributed by atoms with Crippen molar-refractivity contribution in [3.8, 4) is 0 Å². The first-order chi connectivity index (χ1) is 7.99. The molecule has 90 valence electrons. The Bertz CT molecular complexity index is 489. The van der Waals surface area contributed by atoms with E-state index < -0.39 is 11.8 Å². The normalized spacial score (nSPS) is 24.6. The van der Waals surface area contributed by atoms with Gasteiger partial charge in [-0.05, 0) is 23.8 Å². The molecule has 2 rings (SSSR count). The van der Waals surface area contributed by atoms with Crippen molar-refractivity contribution in [3.63, 3.8) is 0 Å². The molecule has 0 aliphatic carbocycles. The van der Waals surface area contributed by atoms with Crippen molar-refractivity contribution in [2.24, 2.45) is 5.92 Å². The van der Waals surface area contributed by atoms with E-state index in [1.54, 1.807) is 19.1 Å². The maximum atomic E-state index is 13.7. The molecule has 0 radical (unpaired) electrons. The summed E-state index contributed by atoms with van der Waals surface area (Å²) < 4.78 is 14.5. The van der Waals surface area contributed by atoms with Crippen molar-refractivity contribution in [2.45, 2.75) is 19.3 Å². The average Bonchev–Trinajstić information content (AvgIpc) is 2.27. The number of nitrogens with one attached hydrogen (secondary N) is 1. The zero-order chi connectivity index (χ0) is 12.6. The molecule has 2 unspecified atom stereocenters. The smallest absolute Gasteiger partial charge is 0.230 e. The Hall–Kier alpha value is -1.23. The second-order valence-electron chi connectivity index (χ2n) is 4.18. The van der Waals surface area contributed by atoms with Crippen molar-refractivity contribution in [3.05, 3.63) is 34.1 Å². The molecule has 0 aromatic heterocycles. The van der Waals surface area contributed by atoms with E-state index >= 15 is 0 Å². The van der Waals surface area contributed by atoms with Gasteiger partial charge in [-0.25, -0.2) is 4.39 Å². The molecular formula is C12H11BrFNO2. The van der Waals surface area contributed by atoms with Crippen molar-refractivity contribution in [2.75, 3.05) is 0 Å². The monoisotopic (exact) mass is 299 g/mol. The maximum Gasteiger partial charge on any atom is 0.230 e. The topological polar surface area (TPSA) is 46.2 Å². The second kappa shape index (κ2) is 4.56. The van der Waals surface area contributed by atoms with Gasteiger partial charge < -0.3 is 0 Å². The van der Waals surface area contributed by atoms with Gasteiger partial charge in [0.25, 0.3) is 0 Å². The van der Waals surface area contributed by atoms with Gasteiger partial charge in [0.2, 0.25) is 11.8 Å². The lowest BCUT2D eigenvalue weighted by Gasteiger charge is -2.28. The summed E-state index contributed by atoms with van der Waals surface area (Å²) in [6.45, 7) is 1.70. The highest BCUT2D eigenvalue weighted by atomic mass is 79.9. The first kappa shape index (κ1) is 12.2. The van der Waals surface area contributed by atoms with Crippen LogP contribution in [0.25, 0.3) is 0 Å². The largest absolute Gasteiger partial charge is 0.296 e. The van der Waals surface area contributed by atoms with Crippen LogP contribution in [0.4, 0.5) is 4.39 Å². The number of hydrogen-bond donors (Lipinski definition) is 1. The Morgan fingerprint density at radius 3 is 2.82 bits per heavy atom. The first-order valence-corrected chi connectivity index (χ1v) is 6.07. The van der Waals surface area contributed by atoms with E-state index in [9.17, 15) is 14.0 Å². The lowest BCUT2D eigenvalue weighted by Crippen LogP contribution is -2.43. The maximum absolute atomic E-state index is 13.7. The molecule has 17 heavy (non-hydrogen) atoms. The van der Waals surface area contributed by atoms with Crippen LogP contribution in [0.3, 0.4) is 0 Å². The minimum atomic E-state index is -0.406. The Morgan fingerprint density at radius 2 is 2.12 bits per heavy atom. The molecule has 5 heteroatoms. The Balaban J connectivity index is 2.40. The molecule has 1 N–H and O–H groups in total.